The fourth-order valence-electron chi connectivity index (χ4n) is 2.72. The van der Waals surface area contributed by atoms with Crippen molar-refractivity contribution in [3.8, 4) is 22.6 Å². The van der Waals surface area contributed by atoms with Crippen LogP contribution in [-0.4, -0.2) is 13.2 Å². The predicted octanol–water partition coefficient (Wildman–Crippen LogP) is 3.14. The lowest BCUT2D eigenvalue weighted by Gasteiger charge is -2.10. The molecule has 20 heavy (non-hydrogen) atoms. The van der Waals surface area contributed by atoms with Crippen LogP contribution < -0.4 is 15.2 Å². The van der Waals surface area contributed by atoms with Crippen LogP contribution in [0.15, 0.2) is 36.4 Å². The Morgan fingerprint density at radius 2 is 1.95 bits per heavy atom. The van der Waals surface area contributed by atoms with Crippen molar-refractivity contribution in [2.45, 2.75) is 26.0 Å². The van der Waals surface area contributed by atoms with Gasteiger partial charge in [-0.1, -0.05) is 12.1 Å². The minimum Gasteiger partial charge on any atom is -0.496 e. The maximum atomic E-state index is 5.78. The molecule has 3 nitrogen and oxygen atoms in total. The second-order valence-corrected chi connectivity index (χ2v) is 5.19. The summed E-state index contributed by atoms with van der Waals surface area (Å²) in [6, 6.07) is 12.5. The number of fused-ring (bicyclic) bond motifs is 1. The standard InChI is InChI=1S/C17H19NO2/c1-11-7-14-8-12(4-6-17(14)20-11)13-3-5-16(19-2)15(9-13)10-18/h3-6,8-9,11H,7,10,18H2,1-2H3. The van der Waals surface area contributed by atoms with E-state index in [9.17, 15) is 0 Å². The highest BCUT2D eigenvalue weighted by atomic mass is 16.5. The largest absolute Gasteiger partial charge is 0.496 e. The number of methoxy groups -OCH3 is 1. The minimum absolute atomic E-state index is 0.274. The summed E-state index contributed by atoms with van der Waals surface area (Å²) in [6.45, 7) is 2.57. The van der Waals surface area contributed by atoms with Crippen molar-refractivity contribution >= 4 is 0 Å². The summed E-state index contributed by atoms with van der Waals surface area (Å²) in [7, 11) is 1.67. The fraction of sp³-hybridized carbons (Fsp3) is 0.294. The lowest BCUT2D eigenvalue weighted by Crippen LogP contribution is -2.05. The number of nitrogens with two attached hydrogens (primary N) is 1. The Kier molecular flexibility index (Phi) is 3.36. The van der Waals surface area contributed by atoms with Gasteiger partial charge < -0.3 is 15.2 Å². The van der Waals surface area contributed by atoms with E-state index in [0.29, 0.717) is 6.54 Å². The second kappa shape index (κ2) is 5.17. The molecule has 104 valence electrons. The van der Waals surface area contributed by atoms with E-state index in [1.165, 1.54) is 11.1 Å². The van der Waals surface area contributed by atoms with Crippen LogP contribution in [0.4, 0.5) is 0 Å². The number of hydrogen-bond acceptors (Lipinski definition) is 3. The van der Waals surface area contributed by atoms with Gasteiger partial charge in [0.15, 0.2) is 0 Å². The van der Waals surface area contributed by atoms with Crippen LogP contribution in [0.1, 0.15) is 18.1 Å². The highest BCUT2D eigenvalue weighted by Gasteiger charge is 2.19. The van der Waals surface area contributed by atoms with Crippen molar-refractivity contribution in [3.05, 3.63) is 47.5 Å². The van der Waals surface area contributed by atoms with Crippen LogP contribution in [-0.2, 0) is 13.0 Å². The summed E-state index contributed by atoms with van der Waals surface area (Å²) in [5.41, 5.74) is 10.4. The van der Waals surface area contributed by atoms with Crippen LogP contribution in [0, 0.1) is 0 Å². The Morgan fingerprint density at radius 1 is 1.20 bits per heavy atom. The summed E-state index contributed by atoms with van der Waals surface area (Å²) in [6.07, 6.45) is 1.25. The monoisotopic (exact) mass is 269 g/mol. The van der Waals surface area contributed by atoms with E-state index >= 15 is 0 Å². The highest BCUT2D eigenvalue weighted by Crippen LogP contribution is 2.34. The minimum atomic E-state index is 0.274. The van der Waals surface area contributed by atoms with Crippen molar-refractivity contribution in [1.29, 1.82) is 0 Å². The van der Waals surface area contributed by atoms with E-state index in [4.69, 9.17) is 15.2 Å². The van der Waals surface area contributed by atoms with Gasteiger partial charge in [-0.2, -0.15) is 0 Å². The Balaban J connectivity index is 1.99. The van der Waals surface area contributed by atoms with Crippen molar-refractivity contribution in [2.75, 3.05) is 7.11 Å². The van der Waals surface area contributed by atoms with Gasteiger partial charge in [-0.3, -0.25) is 0 Å². The van der Waals surface area contributed by atoms with Crippen LogP contribution in [0.5, 0.6) is 11.5 Å². The zero-order chi connectivity index (χ0) is 14.1. The summed E-state index contributed by atoms with van der Waals surface area (Å²) in [5, 5.41) is 0. The number of ether oxygens (including phenoxy) is 2. The van der Waals surface area contributed by atoms with Gasteiger partial charge >= 0.3 is 0 Å². The molecular formula is C17H19NO2. The first kappa shape index (κ1) is 13.0. The van der Waals surface area contributed by atoms with Crippen molar-refractivity contribution in [3.63, 3.8) is 0 Å². The summed E-state index contributed by atoms with van der Waals surface area (Å²) >= 11 is 0. The van der Waals surface area contributed by atoms with E-state index in [2.05, 4.69) is 37.3 Å². The van der Waals surface area contributed by atoms with E-state index < -0.39 is 0 Å². The molecular weight excluding hydrogens is 250 g/mol. The maximum absolute atomic E-state index is 5.78. The third kappa shape index (κ3) is 2.25. The summed E-state index contributed by atoms with van der Waals surface area (Å²) in [5.74, 6) is 1.85. The molecule has 1 aliphatic rings. The molecule has 1 atom stereocenters. The van der Waals surface area contributed by atoms with Gasteiger partial charge in [-0.15, -0.1) is 0 Å². The average molecular weight is 269 g/mol. The van der Waals surface area contributed by atoms with Gasteiger partial charge in [-0.25, -0.2) is 0 Å². The molecule has 0 spiro atoms. The van der Waals surface area contributed by atoms with E-state index in [0.717, 1.165) is 29.0 Å². The number of benzene rings is 2. The Morgan fingerprint density at radius 3 is 2.70 bits per heavy atom. The first-order valence-corrected chi connectivity index (χ1v) is 6.88. The third-order valence-corrected chi connectivity index (χ3v) is 3.73. The molecule has 1 heterocycles. The first-order valence-electron chi connectivity index (χ1n) is 6.88. The molecule has 1 aliphatic heterocycles. The smallest absolute Gasteiger partial charge is 0.123 e. The van der Waals surface area contributed by atoms with Crippen LogP contribution in [0.25, 0.3) is 11.1 Å². The fourth-order valence-corrected chi connectivity index (χ4v) is 2.72. The molecule has 0 radical (unpaired) electrons. The van der Waals surface area contributed by atoms with E-state index in [1.54, 1.807) is 7.11 Å². The van der Waals surface area contributed by atoms with Gasteiger partial charge in [0.05, 0.1) is 7.11 Å². The molecule has 0 saturated carbocycles. The van der Waals surface area contributed by atoms with Gasteiger partial charge in [-0.05, 0) is 47.9 Å². The summed E-state index contributed by atoms with van der Waals surface area (Å²) < 4.78 is 11.1. The zero-order valence-corrected chi connectivity index (χ0v) is 11.8. The molecule has 0 aromatic heterocycles. The number of hydrogen-bond donors (Lipinski definition) is 1. The SMILES string of the molecule is COc1ccc(-c2ccc3c(c2)CC(C)O3)cc1CN. The summed E-state index contributed by atoms with van der Waals surface area (Å²) in [4.78, 5) is 0. The van der Waals surface area contributed by atoms with Gasteiger partial charge in [0.1, 0.15) is 17.6 Å². The Bertz CT molecular complexity index is 637. The molecule has 2 N–H and O–H groups in total. The molecule has 3 heteroatoms. The molecule has 2 aromatic carbocycles. The lowest BCUT2D eigenvalue weighted by molar-refractivity contribution is 0.254. The third-order valence-electron chi connectivity index (χ3n) is 3.73. The zero-order valence-electron chi connectivity index (χ0n) is 11.8. The Labute approximate surface area is 119 Å². The lowest BCUT2D eigenvalue weighted by atomic mass is 9.99. The predicted molar refractivity (Wildman–Crippen MR) is 80.1 cm³/mol. The molecule has 0 fully saturated rings. The second-order valence-electron chi connectivity index (χ2n) is 5.19. The van der Waals surface area contributed by atoms with Crippen molar-refractivity contribution in [2.24, 2.45) is 5.73 Å². The molecule has 0 aliphatic carbocycles. The van der Waals surface area contributed by atoms with Crippen LogP contribution >= 0.6 is 0 Å². The van der Waals surface area contributed by atoms with Crippen molar-refractivity contribution < 1.29 is 9.47 Å². The van der Waals surface area contributed by atoms with Crippen molar-refractivity contribution in [1.82, 2.24) is 0 Å². The Hall–Kier alpha value is -2.00. The molecule has 0 saturated heterocycles. The molecule has 2 aromatic rings. The maximum Gasteiger partial charge on any atom is 0.123 e. The normalized spacial score (nSPS) is 16.6. The van der Waals surface area contributed by atoms with Crippen LogP contribution in [0.2, 0.25) is 0 Å². The molecule has 0 bridgehead atoms. The van der Waals surface area contributed by atoms with Gasteiger partial charge in [0.2, 0.25) is 0 Å². The first-order chi connectivity index (χ1) is 9.71. The van der Waals surface area contributed by atoms with E-state index in [1.807, 2.05) is 6.07 Å². The number of rotatable bonds is 3. The van der Waals surface area contributed by atoms with Gasteiger partial charge in [0, 0.05) is 18.5 Å². The highest BCUT2D eigenvalue weighted by molar-refractivity contribution is 5.68. The molecule has 0 amide bonds. The van der Waals surface area contributed by atoms with Crippen LogP contribution in [0.3, 0.4) is 0 Å². The molecule has 1 unspecified atom stereocenters. The van der Waals surface area contributed by atoms with E-state index in [-0.39, 0.29) is 6.10 Å². The quantitative estimate of drug-likeness (QED) is 0.931. The van der Waals surface area contributed by atoms with Gasteiger partial charge in [0.25, 0.3) is 0 Å². The topological polar surface area (TPSA) is 44.5 Å². The molecule has 3 rings (SSSR count). The average Bonchev–Trinajstić information content (AvgIpc) is 2.85.